The van der Waals surface area contributed by atoms with Gasteiger partial charge in [-0.1, -0.05) is 0 Å². The van der Waals surface area contributed by atoms with Crippen LogP contribution < -0.4 is 10.7 Å². The maximum Gasteiger partial charge on any atom is 0.256 e. The monoisotopic (exact) mass is 238 g/mol. The average Bonchev–Trinajstić information content (AvgIpc) is 2.31. The number of carbonyl (C=O) groups excluding carboxylic acids is 1. The van der Waals surface area contributed by atoms with E-state index >= 15 is 0 Å². The normalized spacial score (nSPS) is 20.4. The Balaban J connectivity index is 2.02. The summed E-state index contributed by atoms with van der Waals surface area (Å²) < 4.78 is 0. The van der Waals surface area contributed by atoms with Crippen molar-refractivity contribution in [2.75, 3.05) is 11.5 Å². The van der Waals surface area contributed by atoms with E-state index < -0.39 is 0 Å². The fourth-order valence-electron chi connectivity index (χ4n) is 1.71. The van der Waals surface area contributed by atoms with Crippen LogP contribution in [0.2, 0.25) is 0 Å². The van der Waals surface area contributed by atoms with Gasteiger partial charge in [0.2, 0.25) is 0 Å². The van der Waals surface area contributed by atoms with Crippen molar-refractivity contribution in [1.29, 1.82) is 0 Å². The molecule has 2 rings (SSSR count). The summed E-state index contributed by atoms with van der Waals surface area (Å²) in [5, 5.41) is 2.90. The largest absolute Gasteiger partial charge is 0.367 e. The minimum atomic E-state index is -0.269. The van der Waals surface area contributed by atoms with Gasteiger partial charge in [0.05, 0.1) is 0 Å². The number of hydrogen-bond donors (Lipinski definition) is 2. The molecule has 4 nitrogen and oxygen atoms in total. The van der Waals surface area contributed by atoms with E-state index in [1.165, 1.54) is 18.5 Å². The minimum Gasteiger partial charge on any atom is -0.367 e. The molecule has 2 heterocycles. The number of aromatic nitrogens is 1. The van der Waals surface area contributed by atoms with Gasteiger partial charge < -0.3 is 10.3 Å². The molecule has 5 heteroatoms. The van der Waals surface area contributed by atoms with Crippen molar-refractivity contribution in [3.05, 3.63) is 34.2 Å². The van der Waals surface area contributed by atoms with E-state index in [4.69, 9.17) is 0 Å². The van der Waals surface area contributed by atoms with Crippen molar-refractivity contribution < 1.29 is 4.79 Å². The quantitative estimate of drug-likeness (QED) is 0.808. The molecule has 1 atom stereocenters. The first-order chi connectivity index (χ1) is 7.77. The van der Waals surface area contributed by atoms with Crippen LogP contribution >= 0.6 is 11.8 Å². The van der Waals surface area contributed by atoms with Gasteiger partial charge >= 0.3 is 0 Å². The summed E-state index contributed by atoms with van der Waals surface area (Å²) in [5.41, 5.74) is -0.0437. The maximum atomic E-state index is 11.8. The van der Waals surface area contributed by atoms with E-state index in [1.54, 1.807) is 0 Å². The number of carbonyl (C=O) groups is 1. The number of nitrogens with one attached hydrogen (secondary N) is 2. The lowest BCUT2D eigenvalue weighted by Gasteiger charge is -2.22. The highest BCUT2D eigenvalue weighted by molar-refractivity contribution is 7.99. The lowest BCUT2D eigenvalue weighted by atomic mass is 10.1. The third-order valence-corrected chi connectivity index (χ3v) is 3.78. The second-order valence-electron chi connectivity index (χ2n) is 3.81. The van der Waals surface area contributed by atoms with Crippen LogP contribution in [0.5, 0.6) is 0 Å². The highest BCUT2D eigenvalue weighted by atomic mass is 32.2. The van der Waals surface area contributed by atoms with E-state index in [0.717, 1.165) is 24.3 Å². The van der Waals surface area contributed by atoms with Crippen molar-refractivity contribution in [1.82, 2.24) is 10.3 Å². The van der Waals surface area contributed by atoms with Crippen molar-refractivity contribution in [3.63, 3.8) is 0 Å². The van der Waals surface area contributed by atoms with Gasteiger partial charge in [-0.25, -0.2) is 0 Å². The topological polar surface area (TPSA) is 62.0 Å². The first kappa shape index (κ1) is 11.3. The Kier molecular flexibility index (Phi) is 3.66. The van der Waals surface area contributed by atoms with Crippen molar-refractivity contribution in [2.45, 2.75) is 18.9 Å². The van der Waals surface area contributed by atoms with Gasteiger partial charge in [0.25, 0.3) is 5.91 Å². The van der Waals surface area contributed by atoms with E-state index in [0.29, 0.717) is 0 Å². The minimum absolute atomic E-state index is 0.193. The van der Waals surface area contributed by atoms with Gasteiger partial charge in [-0.3, -0.25) is 9.59 Å². The standard InChI is InChI=1S/C11H14N2O2S/c14-10-3-4-12-6-9(10)11(15)13-8-2-1-5-16-7-8/h3-4,6,8H,1-2,5,7H2,(H,12,14)(H,13,15). The van der Waals surface area contributed by atoms with E-state index in [1.807, 2.05) is 11.8 Å². The Morgan fingerprint density at radius 1 is 1.56 bits per heavy atom. The first-order valence-electron chi connectivity index (χ1n) is 5.33. The summed E-state index contributed by atoms with van der Waals surface area (Å²) in [7, 11) is 0. The molecule has 0 saturated carbocycles. The van der Waals surface area contributed by atoms with Gasteiger partial charge in [-0.15, -0.1) is 0 Å². The number of rotatable bonds is 2. The number of pyridine rings is 1. The molecule has 1 amide bonds. The van der Waals surface area contributed by atoms with Crippen LogP contribution in [-0.4, -0.2) is 28.4 Å². The summed E-state index contributed by atoms with van der Waals surface area (Å²) in [5.74, 6) is 1.84. The molecule has 86 valence electrons. The summed E-state index contributed by atoms with van der Waals surface area (Å²) in [6.07, 6.45) is 5.10. The SMILES string of the molecule is O=C(NC1CCCSC1)c1c[nH]ccc1=O. The highest BCUT2D eigenvalue weighted by Gasteiger charge is 2.18. The van der Waals surface area contributed by atoms with E-state index in [-0.39, 0.29) is 22.9 Å². The lowest BCUT2D eigenvalue weighted by Crippen LogP contribution is -2.40. The number of hydrogen-bond acceptors (Lipinski definition) is 3. The van der Waals surface area contributed by atoms with Crippen molar-refractivity contribution >= 4 is 17.7 Å². The van der Waals surface area contributed by atoms with Crippen LogP contribution in [0.3, 0.4) is 0 Å². The molecule has 1 aromatic heterocycles. The van der Waals surface area contributed by atoms with Crippen LogP contribution in [0.4, 0.5) is 0 Å². The van der Waals surface area contributed by atoms with Crippen LogP contribution in [0, 0.1) is 0 Å². The second-order valence-corrected chi connectivity index (χ2v) is 4.96. The number of amides is 1. The molecule has 1 aromatic rings. The third-order valence-electron chi connectivity index (χ3n) is 2.56. The predicted octanol–water partition coefficient (Wildman–Crippen LogP) is 1.00. The van der Waals surface area contributed by atoms with Gasteiger partial charge in [-0.2, -0.15) is 11.8 Å². The van der Waals surface area contributed by atoms with E-state index in [9.17, 15) is 9.59 Å². The van der Waals surface area contributed by atoms with Crippen LogP contribution in [0.25, 0.3) is 0 Å². The van der Waals surface area contributed by atoms with Gasteiger partial charge in [0.1, 0.15) is 5.56 Å². The Morgan fingerprint density at radius 2 is 2.44 bits per heavy atom. The lowest BCUT2D eigenvalue weighted by molar-refractivity contribution is 0.0937. The fraction of sp³-hybridized carbons (Fsp3) is 0.455. The molecule has 2 N–H and O–H groups in total. The zero-order valence-electron chi connectivity index (χ0n) is 8.86. The maximum absolute atomic E-state index is 11.8. The van der Waals surface area contributed by atoms with Crippen molar-refractivity contribution in [2.24, 2.45) is 0 Å². The Morgan fingerprint density at radius 3 is 3.12 bits per heavy atom. The average molecular weight is 238 g/mol. The van der Waals surface area contributed by atoms with Gasteiger partial charge in [-0.05, 0) is 18.6 Å². The molecule has 1 saturated heterocycles. The fourth-order valence-corrected chi connectivity index (χ4v) is 2.78. The molecule has 1 aliphatic heterocycles. The van der Waals surface area contributed by atoms with Crippen molar-refractivity contribution in [3.8, 4) is 0 Å². The number of H-pyrrole nitrogens is 1. The first-order valence-corrected chi connectivity index (χ1v) is 6.48. The third kappa shape index (κ3) is 2.66. The van der Waals surface area contributed by atoms with E-state index in [2.05, 4.69) is 10.3 Å². The van der Waals surface area contributed by atoms with Gasteiger partial charge in [0, 0.05) is 30.3 Å². The Labute approximate surface area is 97.8 Å². The smallest absolute Gasteiger partial charge is 0.256 e. The molecule has 1 unspecified atom stereocenters. The molecular formula is C11H14N2O2S. The molecule has 1 fully saturated rings. The molecule has 0 bridgehead atoms. The Bertz CT molecular complexity index is 424. The zero-order chi connectivity index (χ0) is 11.4. The second kappa shape index (κ2) is 5.21. The molecule has 0 radical (unpaired) electrons. The number of aromatic amines is 1. The molecule has 1 aliphatic rings. The molecular weight excluding hydrogens is 224 g/mol. The Hall–Kier alpha value is -1.23. The summed E-state index contributed by atoms with van der Waals surface area (Å²) >= 11 is 1.84. The summed E-state index contributed by atoms with van der Waals surface area (Å²) in [6, 6.07) is 1.57. The van der Waals surface area contributed by atoms with Crippen LogP contribution in [0.15, 0.2) is 23.3 Å². The molecule has 16 heavy (non-hydrogen) atoms. The zero-order valence-corrected chi connectivity index (χ0v) is 9.68. The number of thioether (sulfide) groups is 1. The summed E-state index contributed by atoms with van der Waals surface area (Å²) in [4.78, 5) is 26.0. The summed E-state index contributed by atoms with van der Waals surface area (Å²) in [6.45, 7) is 0. The van der Waals surface area contributed by atoms with Crippen LogP contribution in [-0.2, 0) is 0 Å². The predicted molar refractivity (Wildman–Crippen MR) is 64.9 cm³/mol. The molecule has 0 aromatic carbocycles. The van der Waals surface area contributed by atoms with Gasteiger partial charge in [0.15, 0.2) is 5.43 Å². The van der Waals surface area contributed by atoms with Crippen LogP contribution in [0.1, 0.15) is 23.2 Å². The highest BCUT2D eigenvalue weighted by Crippen LogP contribution is 2.16. The molecule has 0 aliphatic carbocycles. The molecule has 0 spiro atoms.